The molecule has 17 heavy (non-hydrogen) atoms. The topological polar surface area (TPSA) is 12.0 Å². The van der Waals surface area contributed by atoms with Crippen LogP contribution in [0.3, 0.4) is 0 Å². The predicted octanol–water partition coefficient (Wildman–Crippen LogP) is 5.23. The van der Waals surface area contributed by atoms with Gasteiger partial charge in [0.15, 0.2) is 0 Å². The summed E-state index contributed by atoms with van der Waals surface area (Å²) >= 11 is 5.80. The van der Waals surface area contributed by atoms with Crippen molar-refractivity contribution in [2.75, 3.05) is 5.32 Å². The van der Waals surface area contributed by atoms with E-state index in [9.17, 15) is 0 Å². The molecule has 88 valence electrons. The molecule has 3 heteroatoms. The van der Waals surface area contributed by atoms with E-state index in [1.165, 1.54) is 14.8 Å². The van der Waals surface area contributed by atoms with Crippen molar-refractivity contribution >= 4 is 44.2 Å². The first-order chi connectivity index (χ1) is 8.16. The Balaban J connectivity index is 2.14. The quantitative estimate of drug-likeness (QED) is 0.694. The number of nitrogens with one attached hydrogen (secondary N) is 1. The summed E-state index contributed by atoms with van der Waals surface area (Å²) in [5, 5.41) is 3.52. The van der Waals surface area contributed by atoms with Gasteiger partial charge in [-0.1, -0.05) is 40.2 Å². The second-order valence-electron chi connectivity index (χ2n) is 3.90. The Hall–Kier alpha value is -0.550. The molecule has 1 atom stereocenters. The summed E-state index contributed by atoms with van der Waals surface area (Å²) < 4.78 is 2.36. The van der Waals surface area contributed by atoms with Gasteiger partial charge < -0.3 is 5.32 Å². The largest absolute Gasteiger partial charge is 0.378 e. The van der Waals surface area contributed by atoms with Crippen molar-refractivity contribution in [2.45, 2.75) is 13.0 Å². The Bertz CT molecular complexity index is 496. The summed E-state index contributed by atoms with van der Waals surface area (Å²) in [6, 6.07) is 17.0. The SMILES string of the molecule is CC(Nc1ccccc1I)c1ccc(Br)cc1. The van der Waals surface area contributed by atoms with Gasteiger partial charge in [-0.3, -0.25) is 0 Å². The molecule has 1 unspecified atom stereocenters. The number of hydrogen-bond acceptors (Lipinski definition) is 1. The third-order valence-electron chi connectivity index (χ3n) is 2.62. The van der Waals surface area contributed by atoms with Crippen molar-refractivity contribution in [1.29, 1.82) is 0 Å². The molecule has 0 aliphatic heterocycles. The molecular formula is C14H13BrIN. The van der Waals surface area contributed by atoms with E-state index in [2.05, 4.69) is 99.3 Å². The van der Waals surface area contributed by atoms with Gasteiger partial charge in [0.2, 0.25) is 0 Å². The number of benzene rings is 2. The molecule has 2 aromatic rings. The Kier molecular flexibility index (Phi) is 4.45. The van der Waals surface area contributed by atoms with Crippen molar-refractivity contribution in [3.8, 4) is 0 Å². The van der Waals surface area contributed by atoms with E-state index in [1.54, 1.807) is 0 Å². The number of rotatable bonds is 3. The third-order valence-corrected chi connectivity index (χ3v) is 4.09. The van der Waals surface area contributed by atoms with E-state index in [0.717, 1.165) is 4.47 Å². The van der Waals surface area contributed by atoms with Crippen LogP contribution in [0, 0.1) is 3.57 Å². The molecule has 1 N–H and O–H groups in total. The fraction of sp³-hybridized carbons (Fsp3) is 0.143. The fourth-order valence-electron chi connectivity index (χ4n) is 1.65. The molecule has 0 fully saturated rings. The van der Waals surface area contributed by atoms with Crippen LogP contribution in [0.2, 0.25) is 0 Å². The molecule has 1 nitrogen and oxygen atoms in total. The zero-order valence-electron chi connectivity index (χ0n) is 9.45. The van der Waals surface area contributed by atoms with Crippen LogP contribution in [-0.4, -0.2) is 0 Å². The van der Waals surface area contributed by atoms with Gasteiger partial charge in [-0.05, 0) is 59.3 Å². The third kappa shape index (κ3) is 3.45. The molecular weight excluding hydrogens is 389 g/mol. The van der Waals surface area contributed by atoms with Crippen molar-refractivity contribution in [3.63, 3.8) is 0 Å². The maximum atomic E-state index is 3.52. The minimum Gasteiger partial charge on any atom is -0.378 e. The van der Waals surface area contributed by atoms with Crippen LogP contribution >= 0.6 is 38.5 Å². The summed E-state index contributed by atoms with van der Waals surface area (Å²) in [6.45, 7) is 2.17. The van der Waals surface area contributed by atoms with Crippen LogP contribution in [-0.2, 0) is 0 Å². The standard InChI is InChI=1S/C14H13BrIN/c1-10(11-6-8-12(15)9-7-11)17-14-5-3-2-4-13(14)16/h2-10,17H,1H3. The molecule has 0 aliphatic carbocycles. The first-order valence-electron chi connectivity index (χ1n) is 5.43. The monoisotopic (exact) mass is 401 g/mol. The Morgan fingerprint density at radius 3 is 2.35 bits per heavy atom. The number of halogens is 2. The van der Waals surface area contributed by atoms with Gasteiger partial charge >= 0.3 is 0 Å². The Morgan fingerprint density at radius 2 is 1.71 bits per heavy atom. The van der Waals surface area contributed by atoms with Crippen LogP contribution < -0.4 is 5.32 Å². The zero-order chi connectivity index (χ0) is 12.3. The average Bonchev–Trinajstić information content (AvgIpc) is 2.33. The molecule has 0 aromatic heterocycles. The lowest BCUT2D eigenvalue weighted by molar-refractivity contribution is 0.883. The van der Waals surface area contributed by atoms with Crippen molar-refractivity contribution in [2.24, 2.45) is 0 Å². The van der Waals surface area contributed by atoms with Gasteiger partial charge in [0, 0.05) is 19.8 Å². The van der Waals surface area contributed by atoms with E-state index < -0.39 is 0 Å². The average molecular weight is 402 g/mol. The lowest BCUT2D eigenvalue weighted by Crippen LogP contribution is -2.07. The van der Waals surface area contributed by atoms with Crippen LogP contribution in [0.15, 0.2) is 53.0 Å². The zero-order valence-corrected chi connectivity index (χ0v) is 13.2. The van der Waals surface area contributed by atoms with E-state index in [0.29, 0.717) is 6.04 Å². The minimum atomic E-state index is 0.305. The van der Waals surface area contributed by atoms with E-state index in [1.807, 2.05) is 0 Å². The second kappa shape index (κ2) is 5.87. The van der Waals surface area contributed by atoms with Gasteiger partial charge in [0.05, 0.1) is 0 Å². The van der Waals surface area contributed by atoms with E-state index >= 15 is 0 Å². The summed E-state index contributed by atoms with van der Waals surface area (Å²) in [6.07, 6.45) is 0. The highest BCUT2D eigenvalue weighted by atomic mass is 127. The van der Waals surface area contributed by atoms with Gasteiger partial charge in [-0.15, -0.1) is 0 Å². The summed E-state index contributed by atoms with van der Waals surface area (Å²) in [5.74, 6) is 0. The lowest BCUT2D eigenvalue weighted by atomic mass is 10.1. The van der Waals surface area contributed by atoms with Crippen LogP contribution in [0.4, 0.5) is 5.69 Å². The van der Waals surface area contributed by atoms with Gasteiger partial charge in [-0.25, -0.2) is 0 Å². The molecule has 0 aliphatic rings. The van der Waals surface area contributed by atoms with Crippen molar-refractivity contribution in [3.05, 3.63) is 62.1 Å². The van der Waals surface area contributed by atoms with Crippen LogP contribution in [0.25, 0.3) is 0 Å². The van der Waals surface area contributed by atoms with Crippen LogP contribution in [0.5, 0.6) is 0 Å². The maximum absolute atomic E-state index is 3.52. The molecule has 0 bridgehead atoms. The van der Waals surface area contributed by atoms with Crippen molar-refractivity contribution < 1.29 is 0 Å². The first-order valence-corrected chi connectivity index (χ1v) is 7.30. The van der Waals surface area contributed by atoms with E-state index in [-0.39, 0.29) is 0 Å². The minimum absolute atomic E-state index is 0.305. The highest BCUT2D eigenvalue weighted by Gasteiger charge is 2.06. The van der Waals surface area contributed by atoms with Crippen molar-refractivity contribution in [1.82, 2.24) is 0 Å². The number of para-hydroxylation sites is 1. The summed E-state index contributed by atoms with van der Waals surface area (Å²) in [7, 11) is 0. The maximum Gasteiger partial charge on any atom is 0.0486 e. The number of anilines is 1. The second-order valence-corrected chi connectivity index (χ2v) is 5.98. The highest BCUT2D eigenvalue weighted by Crippen LogP contribution is 2.24. The smallest absolute Gasteiger partial charge is 0.0486 e. The van der Waals surface area contributed by atoms with Gasteiger partial charge in [0.25, 0.3) is 0 Å². The summed E-state index contributed by atoms with van der Waals surface area (Å²) in [4.78, 5) is 0. The molecule has 0 saturated heterocycles. The molecule has 0 amide bonds. The summed E-state index contributed by atoms with van der Waals surface area (Å²) in [5.41, 5.74) is 2.47. The highest BCUT2D eigenvalue weighted by molar-refractivity contribution is 14.1. The molecule has 0 saturated carbocycles. The molecule has 0 spiro atoms. The van der Waals surface area contributed by atoms with Crippen LogP contribution in [0.1, 0.15) is 18.5 Å². The Morgan fingerprint density at radius 1 is 1.06 bits per heavy atom. The predicted molar refractivity (Wildman–Crippen MR) is 85.3 cm³/mol. The number of hydrogen-bond donors (Lipinski definition) is 1. The van der Waals surface area contributed by atoms with E-state index in [4.69, 9.17) is 0 Å². The molecule has 0 radical (unpaired) electrons. The van der Waals surface area contributed by atoms with Gasteiger partial charge in [-0.2, -0.15) is 0 Å². The fourth-order valence-corrected chi connectivity index (χ4v) is 2.45. The first kappa shape index (κ1) is 12.9. The lowest BCUT2D eigenvalue weighted by Gasteiger charge is -2.16. The molecule has 2 aromatic carbocycles. The molecule has 2 rings (SSSR count). The Labute approximate surface area is 124 Å². The molecule has 0 heterocycles. The van der Waals surface area contributed by atoms with Gasteiger partial charge in [0.1, 0.15) is 0 Å². The normalized spacial score (nSPS) is 12.2.